The molecule has 1 fully saturated rings. The lowest BCUT2D eigenvalue weighted by molar-refractivity contribution is -0.127. The molecule has 0 radical (unpaired) electrons. The summed E-state index contributed by atoms with van der Waals surface area (Å²) in [5.74, 6) is 0.717. The van der Waals surface area contributed by atoms with E-state index in [4.69, 9.17) is 0 Å². The zero-order valence-electron chi connectivity index (χ0n) is 12.0. The highest BCUT2D eigenvalue weighted by Crippen LogP contribution is 2.19. The molecular formula is C16H29NO. The first kappa shape index (κ1) is 15.3. The van der Waals surface area contributed by atoms with Gasteiger partial charge in [-0.25, -0.2) is 0 Å². The number of likely N-dealkylation sites (tertiary alicyclic amines) is 1. The molecule has 0 spiro atoms. The number of unbranched alkanes of at least 4 members (excludes halogenated alkanes) is 7. The van der Waals surface area contributed by atoms with Crippen LogP contribution < -0.4 is 0 Å². The fraction of sp³-hybridized carbons (Fsp3) is 0.812. The van der Waals surface area contributed by atoms with Crippen LogP contribution in [0.4, 0.5) is 0 Å². The lowest BCUT2D eigenvalue weighted by atomic mass is 10.1. The van der Waals surface area contributed by atoms with Crippen LogP contribution in [0, 0.1) is 5.92 Å². The Kier molecular flexibility index (Phi) is 7.79. The van der Waals surface area contributed by atoms with Gasteiger partial charge in [-0.1, -0.05) is 57.9 Å². The molecule has 2 nitrogen and oxygen atoms in total. The highest BCUT2D eigenvalue weighted by molar-refractivity contribution is 5.78. The topological polar surface area (TPSA) is 20.3 Å². The number of amides is 1. The summed E-state index contributed by atoms with van der Waals surface area (Å²) < 4.78 is 0. The van der Waals surface area contributed by atoms with Crippen LogP contribution in [0.5, 0.6) is 0 Å². The molecule has 1 rings (SSSR count). The van der Waals surface area contributed by atoms with Crippen molar-refractivity contribution in [3.05, 3.63) is 12.7 Å². The van der Waals surface area contributed by atoms with E-state index in [0.717, 1.165) is 13.1 Å². The van der Waals surface area contributed by atoms with Gasteiger partial charge in [-0.3, -0.25) is 4.79 Å². The second-order valence-electron chi connectivity index (χ2n) is 5.51. The SMILES string of the molecule is C=CC1CC(=O)N(CCCCCCCCCC)C1. The Hall–Kier alpha value is -0.790. The minimum atomic E-state index is 0.322. The molecular weight excluding hydrogens is 222 g/mol. The molecule has 0 N–H and O–H groups in total. The molecule has 0 aromatic heterocycles. The van der Waals surface area contributed by atoms with Crippen LogP contribution >= 0.6 is 0 Å². The van der Waals surface area contributed by atoms with Gasteiger partial charge >= 0.3 is 0 Å². The third-order valence-electron chi connectivity index (χ3n) is 3.86. The van der Waals surface area contributed by atoms with Crippen LogP contribution in [0.25, 0.3) is 0 Å². The minimum absolute atomic E-state index is 0.322. The van der Waals surface area contributed by atoms with Crippen molar-refractivity contribution in [2.75, 3.05) is 13.1 Å². The molecule has 1 aliphatic rings. The maximum Gasteiger partial charge on any atom is 0.223 e. The number of carbonyl (C=O) groups is 1. The molecule has 0 bridgehead atoms. The van der Waals surface area contributed by atoms with Gasteiger partial charge in [-0.2, -0.15) is 0 Å². The third-order valence-corrected chi connectivity index (χ3v) is 3.86. The van der Waals surface area contributed by atoms with Gasteiger partial charge in [0.05, 0.1) is 0 Å². The summed E-state index contributed by atoms with van der Waals surface area (Å²) in [6, 6.07) is 0. The first-order valence-corrected chi connectivity index (χ1v) is 7.68. The quantitative estimate of drug-likeness (QED) is 0.422. The molecule has 1 atom stereocenters. The van der Waals surface area contributed by atoms with Gasteiger partial charge in [0.1, 0.15) is 0 Å². The summed E-state index contributed by atoms with van der Waals surface area (Å²) >= 11 is 0. The molecule has 0 aromatic rings. The molecule has 104 valence electrons. The number of nitrogens with zero attached hydrogens (tertiary/aromatic N) is 1. The largest absolute Gasteiger partial charge is 0.342 e. The van der Waals surface area contributed by atoms with Gasteiger partial charge in [-0.15, -0.1) is 6.58 Å². The maximum absolute atomic E-state index is 11.7. The number of carbonyl (C=O) groups excluding carboxylic acids is 1. The molecule has 1 unspecified atom stereocenters. The molecule has 2 heteroatoms. The average molecular weight is 251 g/mol. The van der Waals surface area contributed by atoms with Crippen LogP contribution in [-0.2, 0) is 4.79 Å². The number of hydrogen-bond acceptors (Lipinski definition) is 1. The molecule has 1 heterocycles. The zero-order chi connectivity index (χ0) is 13.2. The van der Waals surface area contributed by atoms with Gasteiger partial charge in [-0.05, 0) is 6.42 Å². The Balaban J connectivity index is 1.95. The van der Waals surface area contributed by atoms with E-state index in [0.29, 0.717) is 18.2 Å². The second-order valence-corrected chi connectivity index (χ2v) is 5.51. The van der Waals surface area contributed by atoms with Crippen LogP contribution in [0.2, 0.25) is 0 Å². The summed E-state index contributed by atoms with van der Waals surface area (Å²) in [7, 11) is 0. The van der Waals surface area contributed by atoms with Crippen molar-refractivity contribution < 1.29 is 4.79 Å². The third kappa shape index (κ3) is 5.70. The fourth-order valence-electron chi connectivity index (χ4n) is 2.61. The lowest BCUT2D eigenvalue weighted by Crippen LogP contribution is -2.26. The van der Waals surface area contributed by atoms with E-state index in [9.17, 15) is 4.79 Å². The summed E-state index contributed by atoms with van der Waals surface area (Å²) in [6.45, 7) is 7.89. The highest BCUT2D eigenvalue weighted by atomic mass is 16.2. The molecule has 1 saturated heterocycles. The van der Waals surface area contributed by atoms with Crippen molar-refractivity contribution in [1.82, 2.24) is 4.90 Å². The monoisotopic (exact) mass is 251 g/mol. The van der Waals surface area contributed by atoms with E-state index in [1.165, 1.54) is 51.4 Å². The second kappa shape index (κ2) is 9.18. The molecule has 0 aliphatic carbocycles. The Morgan fingerprint density at radius 3 is 2.33 bits per heavy atom. The van der Waals surface area contributed by atoms with Gasteiger partial charge in [0.15, 0.2) is 0 Å². The molecule has 1 aliphatic heterocycles. The van der Waals surface area contributed by atoms with Crippen LogP contribution in [0.15, 0.2) is 12.7 Å². The van der Waals surface area contributed by atoms with Gasteiger partial charge in [0, 0.05) is 25.4 Å². The maximum atomic E-state index is 11.7. The Bertz CT molecular complexity index is 249. The van der Waals surface area contributed by atoms with Crippen molar-refractivity contribution >= 4 is 5.91 Å². The molecule has 1 amide bonds. The van der Waals surface area contributed by atoms with E-state index in [1.807, 2.05) is 11.0 Å². The van der Waals surface area contributed by atoms with Crippen LogP contribution in [-0.4, -0.2) is 23.9 Å². The first-order valence-electron chi connectivity index (χ1n) is 7.68. The highest BCUT2D eigenvalue weighted by Gasteiger charge is 2.26. The summed E-state index contributed by atoms with van der Waals surface area (Å²) in [5, 5.41) is 0. The number of rotatable bonds is 10. The van der Waals surface area contributed by atoms with Crippen molar-refractivity contribution in [3.63, 3.8) is 0 Å². The van der Waals surface area contributed by atoms with E-state index >= 15 is 0 Å². The van der Waals surface area contributed by atoms with Crippen molar-refractivity contribution in [2.24, 2.45) is 5.92 Å². The Morgan fingerprint density at radius 1 is 1.17 bits per heavy atom. The van der Waals surface area contributed by atoms with Gasteiger partial charge in [0.25, 0.3) is 0 Å². The van der Waals surface area contributed by atoms with Crippen molar-refractivity contribution in [3.8, 4) is 0 Å². The Morgan fingerprint density at radius 2 is 1.78 bits per heavy atom. The summed E-state index contributed by atoms with van der Waals surface area (Å²) in [6.07, 6.45) is 13.2. The van der Waals surface area contributed by atoms with Crippen LogP contribution in [0.1, 0.15) is 64.7 Å². The van der Waals surface area contributed by atoms with Gasteiger partial charge < -0.3 is 4.90 Å². The lowest BCUT2D eigenvalue weighted by Gasteiger charge is -2.15. The van der Waals surface area contributed by atoms with Crippen molar-refractivity contribution in [1.29, 1.82) is 0 Å². The fourth-order valence-corrected chi connectivity index (χ4v) is 2.61. The van der Waals surface area contributed by atoms with Crippen LogP contribution in [0.3, 0.4) is 0 Å². The number of hydrogen-bond donors (Lipinski definition) is 0. The van der Waals surface area contributed by atoms with E-state index < -0.39 is 0 Å². The predicted molar refractivity (Wildman–Crippen MR) is 77.5 cm³/mol. The zero-order valence-corrected chi connectivity index (χ0v) is 12.0. The molecule has 0 aromatic carbocycles. The smallest absolute Gasteiger partial charge is 0.223 e. The van der Waals surface area contributed by atoms with E-state index in [-0.39, 0.29) is 0 Å². The average Bonchev–Trinajstić information content (AvgIpc) is 2.73. The van der Waals surface area contributed by atoms with E-state index in [2.05, 4.69) is 13.5 Å². The Labute approximate surface area is 112 Å². The molecule has 0 saturated carbocycles. The van der Waals surface area contributed by atoms with Crippen molar-refractivity contribution in [2.45, 2.75) is 64.7 Å². The summed E-state index contributed by atoms with van der Waals surface area (Å²) in [4.78, 5) is 13.7. The van der Waals surface area contributed by atoms with E-state index in [1.54, 1.807) is 0 Å². The standard InChI is InChI=1S/C16H29NO/c1-3-5-6-7-8-9-10-11-12-17-14-15(4-2)13-16(17)18/h4,15H,2-3,5-14H2,1H3. The normalized spacial score (nSPS) is 19.5. The minimum Gasteiger partial charge on any atom is -0.342 e. The predicted octanol–water partition coefficient (Wildman–Crippen LogP) is 4.16. The van der Waals surface area contributed by atoms with Gasteiger partial charge in [0.2, 0.25) is 5.91 Å². The molecule has 18 heavy (non-hydrogen) atoms. The first-order chi connectivity index (χ1) is 8.77. The summed E-state index contributed by atoms with van der Waals surface area (Å²) in [5.41, 5.74) is 0.